The summed E-state index contributed by atoms with van der Waals surface area (Å²) in [5.41, 5.74) is 12.8. The quantitative estimate of drug-likeness (QED) is 0.570. The molecule has 0 heterocycles. The zero-order valence-corrected chi connectivity index (χ0v) is 14.6. The molecule has 124 valence electrons. The number of nitrogen functional groups attached to an aromatic ring is 2. The molecule has 0 atom stereocenters. The SMILES string of the molecule is CN(C)CCCCOc1ccc(Sc2ccc(N)c(N)c2)cc1. The molecule has 2 rings (SSSR count). The van der Waals surface area contributed by atoms with Crippen molar-refractivity contribution in [3.63, 3.8) is 0 Å². The molecule has 0 unspecified atom stereocenters. The van der Waals surface area contributed by atoms with Gasteiger partial charge >= 0.3 is 0 Å². The summed E-state index contributed by atoms with van der Waals surface area (Å²) >= 11 is 1.66. The molecule has 0 radical (unpaired) electrons. The van der Waals surface area contributed by atoms with Crippen LogP contribution in [0.2, 0.25) is 0 Å². The Morgan fingerprint density at radius 1 is 0.913 bits per heavy atom. The van der Waals surface area contributed by atoms with Crippen molar-refractivity contribution in [1.82, 2.24) is 4.90 Å². The van der Waals surface area contributed by atoms with Crippen molar-refractivity contribution in [3.05, 3.63) is 42.5 Å². The van der Waals surface area contributed by atoms with Gasteiger partial charge in [-0.3, -0.25) is 0 Å². The first-order valence-electron chi connectivity index (χ1n) is 7.75. The molecule has 0 spiro atoms. The number of hydrogen-bond acceptors (Lipinski definition) is 5. The Kier molecular flexibility index (Phi) is 6.62. The lowest BCUT2D eigenvalue weighted by molar-refractivity contribution is 0.293. The minimum Gasteiger partial charge on any atom is -0.494 e. The topological polar surface area (TPSA) is 64.5 Å². The normalized spacial score (nSPS) is 10.9. The Hall–Kier alpha value is -1.85. The van der Waals surface area contributed by atoms with E-state index in [-0.39, 0.29) is 0 Å². The third-order valence-electron chi connectivity index (χ3n) is 3.39. The highest BCUT2D eigenvalue weighted by atomic mass is 32.2. The summed E-state index contributed by atoms with van der Waals surface area (Å²) in [6.07, 6.45) is 2.22. The van der Waals surface area contributed by atoms with Crippen LogP contribution in [0.25, 0.3) is 0 Å². The molecular formula is C18H25N3OS. The van der Waals surface area contributed by atoms with E-state index in [1.807, 2.05) is 30.3 Å². The largest absolute Gasteiger partial charge is 0.494 e. The van der Waals surface area contributed by atoms with Crippen molar-refractivity contribution < 1.29 is 4.74 Å². The van der Waals surface area contributed by atoms with Gasteiger partial charge in [-0.15, -0.1) is 0 Å². The van der Waals surface area contributed by atoms with Gasteiger partial charge in [-0.2, -0.15) is 0 Å². The van der Waals surface area contributed by atoms with Crippen LogP contribution in [0.3, 0.4) is 0 Å². The smallest absolute Gasteiger partial charge is 0.119 e. The average molecular weight is 331 g/mol. The maximum Gasteiger partial charge on any atom is 0.119 e. The van der Waals surface area contributed by atoms with Crippen LogP contribution in [0, 0.1) is 0 Å². The van der Waals surface area contributed by atoms with E-state index >= 15 is 0 Å². The van der Waals surface area contributed by atoms with Crippen LogP contribution in [-0.2, 0) is 0 Å². The van der Waals surface area contributed by atoms with Crippen LogP contribution in [0.4, 0.5) is 11.4 Å². The fourth-order valence-corrected chi connectivity index (χ4v) is 2.94. The molecule has 0 amide bonds. The number of nitrogens with zero attached hydrogens (tertiary/aromatic N) is 1. The van der Waals surface area contributed by atoms with Crippen molar-refractivity contribution >= 4 is 23.1 Å². The molecule has 2 aromatic carbocycles. The van der Waals surface area contributed by atoms with E-state index < -0.39 is 0 Å². The van der Waals surface area contributed by atoms with E-state index in [1.54, 1.807) is 11.8 Å². The summed E-state index contributed by atoms with van der Waals surface area (Å²) in [6.45, 7) is 1.86. The van der Waals surface area contributed by atoms with Crippen molar-refractivity contribution in [1.29, 1.82) is 0 Å². The molecule has 4 N–H and O–H groups in total. The Balaban J connectivity index is 1.81. The van der Waals surface area contributed by atoms with E-state index in [4.69, 9.17) is 16.2 Å². The predicted molar refractivity (Wildman–Crippen MR) is 99.1 cm³/mol. The third-order valence-corrected chi connectivity index (χ3v) is 4.38. The van der Waals surface area contributed by atoms with Gasteiger partial charge in [0.1, 0.15) is 5.75 Å². The second kappa shape index (κ2) is 8.70. The number of nitrogens with two attached hydrogens (primary N) is 2. The lowest BCUT2D eigenvalue weighted by Gasteiger charge is -2.10. The molecule has 0 aliphatic heterocycles. The fourth-order valence-electron chi connectivity index (χ4n) is 2.08. The second-order valence-corrected chi connectivity index (χ2v) is 6.87. The van der Waals surface area contributed by atoms with Crippen LogP contribution >= 0.6 is 11.8 Å². The minimum absolute atomic E-state index is 0.618. The maximum absolute atomic E-state index is 5.84. The molecule has 5 heteroatoms. The number of rotatable bonds is 8. The Morgan fingerprint density at radius 3 is 2.26 bits per heavy atom. The molecule has 0 aromatic heterocycles. The van der Waals surface area contributed by atoms with Gasteiger partial charge in [0, 0.05) is 9.79 Å². The first kappa shape index (κ1) is 17.5. The van der Waals surface area contributed by atoms with Crippen LogP contribution < -0.4 is 16.2 Å². The zero-order valence-electron chi connectivity index (χ0n) is 13.8. The molecule has 2 aromatic rings. The highest BCUT2D eigenvalue weighted by molar-refractivity contribution is 7.99. The number of ether oxygens (including phenoxy) is 1. The standard InChI is InChI=1S/C18H25N3OS/c1-21(2)11-3-4-12-22-14-5-7-15(8-6-14)23-16-9-10-17(19)18(20)13-16/h5-10,13H,3-4,11-12,19-20H2,1-2H3. The van der Waals surface area contributed by atoms with E-state index in [0.717, 1.165) is 41.5 Å². The van der Waals surface area contributed by atoms with E-state index in [9.17, 15) is 0 Å². The molecule has 0 fully saturated rings. The maximum atomic E-state index is 5.84. The predicted octanol–water partition coefficient (Wildman–Crippen LogP) is 3.72. The molecular weight excluding hydrogens is 306 g/mol. The highest BCUT2D eigenvalue weighted by Crippen LogP contribution is 2.31. The molecule has 23 heavy (non-hydrogen) atoms. The third kappa shape index (κ3) is 6.04. The van der Waals surface area contributed by atoms with Crippen molar-refractivity contribution in [2.24, 2.45) is 0 Å². The number of benzene rings is 2. The van der Waals surface area contributed by atoms with Crippen LogP contribution in [-0.4, -0.2) is 32.1 Å². The summed E-state index contributed by atoms with van der Waals surface area (Å²) < 4.78 is 5.76. The van der Waals surface area contributed by atoms with E-state index in [1.165, 1.54) is 0 Å². The van der Waals surface area contributed by atoms with E-state index in [2.05, 4.69) is 31.1 Å². The van der Waals surface area contributed by atoms with Gasteiger partial charge in [0.05, 0.1) is 18.0 Å². The average Bonchev–Trinajstić information content (AvgIpc) is 2.52. The van der Waals surface area contributed by atoms with Gasteiger partial charge in [0.2, 0.25) is 0 Å². The second-order valence-electron chi connectivity index (χ2n) is 5.72. The lowest BCUT2D eigenvalue weighted by atomic mass is 10.3. The van der Waals surface area contributed by atoms with Crippen molar-refractivity contribution in [2.45, 2.75) is 22.6 Å². The minimum atomic E-state index is 0.618. The van der Waals surface area contributed by atoms with Gasteiger partial charge < -0.3 is 21.1 Å². The van der Waals surface area contributed by atoms with Crippen LogP contribution in [0.1, 0.15) is 12.8 Å². The van der Waals surface area contributed by atoms with Crippen molar-refractivity contribution in [2.75, 3.05) is 38.7 Å². The van der Waals surface area contributed by atoms with Gasteiger partial charge in [-0.25, -0.2) is 0 Å². The monoisotopic (exact) mass is 331 g/mol. The molecule has 0 bridgehead atoms. The summed E-state index contributed by atoms with van der Waals surface area (Å²) in [7, 11) is 4.18. The van der Waals surface area contributed by atoms with Gasteiger partial charge in [-0.05, 0) is 75.9 Å². The first-order valence-corrected chi connectivity index (χ1v) is 8.56. The Labute approximate surface area is 142 Å². The fraction of sp³-hybridized carbons (Fsp3) is 0.333. The molecule has 0 saturated carbocycles. The summed E-state index contributed by atoms with van der Waals surface area (Å²) in [4.78, 5) is 4.42. The lowest BCUT2D eigenvalue weighted by Crippen LogP contribution is -2.13. The molecule has 4 nitrogen and oxygen atoms in total. The Bertz CT molecular complexity index is 614. The van der Waals surface area contributed by atoms with E-state index in [0.29, 0.717) is 11.4 Å². The number of anilines is 2. The van der Waals surface area contributed by atoms with Crippen LogP contribution in [0.5, 0.6) is 5.75 Å². The summed E-state index contributed by atoms with van der Waals surface area (Å²) in [5.74, 6) is 0.913. The summed E-state index contributed by atoms with van der Waals surface area (Å²) in [5, 5.41) is 0. The highest BCUT2D eigenvalue weighted by Gasteiger charge is 2.01. The number of hydrogen-bond donors (Lipinski definition) is 2. The molecule has 0 saturated heterocycles. The Morgan fingerprint density at radius 2 is 1.61 bits per heavy atom. The zero-order chi connectivity index (χ0) is 16.7. The molecule has 0 aliphatic carbocycles. The van der Waals surface area contributed by atoms with Gasteiger partial charge in [-0.1, -0.05) is 11.8 Å². The van der Waals surface area contributed by atoms with Gasteiger partial charge in [0.15, 0.2) is 0 Å². The first-order chi connectivity index (χ1) is 11.0. The van der Waals surface area contributed by atoms with Gasteiger partial charge in [0.25, 0.3) is 0 Å². The summed E-state index contributed by atoms with van der Waals surface area (Å²) in [6, 6.07) is 13.9. The molecule has 0 aliphatic rings. The number of unbranched alkanes of at least 4 members (excludes halogenated alkanes) is 1. The van der Waals surface area contributed by atoms with Crippen molar-refractivity contribution in [3.8, 4) is 5.75 Å². The van der Waals surface area contributed by atoms with Crippen LogP contribution in [0.15, 0.2) is 52.3 Å².